The molecule has 1 unspecified atom stereocenters. The van der Waals surface area contributed by atoms with Crippen LogP contribution >= 0.6 is 43.2 Å². The van der Waals surface area contributed by atoms with Crippen LogP contribution in [0.4, 0.5) is 0 Å². The zero-order chi connectivity index (χ0) is 12.7. The Labute approximate surface area is 124 Å². The second-order valence-corrected chi connectivity index (χ2v) is 7.11. The Bertz CT molecular complexity index is 311. The molecular weight excluding hydrogens is 366 g/mol. The molecule has 5 heteroatoms. The first-order chi connectivity index (χ1) is 8.19. The second kappa shape index (κ2) is 8.64. The molecule has 1 N–H and O–H groups in total. The fourth-order valence-electron chi connectivity index (χ4n) is 1.44. The van der Waals surface area contributed by atoms with Gasteiger partial charge < -0.3 is 10.1 Å². The van der Waals surface area contributed by atoms with Gasteiger partial charge in [-0.1, -0.05) is 13.8 Å². The van der Waals surface area contributed by atoms with Crippen molar-refractivity contribution >= 4 is 43.2 Å². The monoisotopic (exact) mass is 383 g/mol. The van der Waals surface area contributed by atoms with Crippen molar-refractivity contribution in [3.05, 3.63) is 19.2 Å². The van der Waals surface area contributed by atoms with Crippen molar-refractivity contribution in [2.45, 2.75) is 32.7 Å². The van der Waals surface area contributed by atoms with E-state index in [1.54, 1.807) is 11.3 Å². The highest BCUT2D eigenvalue weighted by Crippen LogP contribution is 2.35. The van der Waals surface area contributed by atoms with E-state index in [9.17, 15) is 0 Å². The Kier molecular flexibility index (Phi) is 7.95. The highest BCUT2D eigenvalue weighted by atomic mass is 79.9. The molecule has 0 bridgehead atoms. The molecular formula is C12H19Br2NOS. The summed E-state index contributed by atoms with van der Waals surface area (Å²) in [6, 6.07) is 2.46. The van der Waals surface area contributed by atoms with Gasteiger partial charge in [-0.2, -0.15) is 0 Å². The first-order valence-corrected chi connectivity index (χ1v) is 8.35. The number of hydrogen-bond acceptors (Lipinski definition) is 3. The lowest BCUT2D eigenvalue weighted by Gasteiger charge is -2.17. The Hall–Kier alpha value is 0.580. The van der Waals surface area contributed by atoms with Crippen molar-refractivity contribution in [1.82, 2.24) is 5.32 Å². The van der Waals surface area contributed by atoms with Gasteiger partial charge in [0.05, 0.1) is 16.4 Å². The summed E-state index contributed by atoms with van der Waals surface area (Å²) in [5, 5.41) is 3.53. The molecule has 0 saturated heterocycles. The molecule has 17 heavy (non-hydrogen) atoms. The molecule has 1 atom stereocenters. The van der Waals surface area contributed by atoms with Crippen molar-refractivity contribution < 1.29 is 4.74 Å². The summed E-state index contributed by atoms with van der Waals surface area (Å²) < 4.78 is 7.93. The molecule has 0 saturated carbocycles. The molecule has 1 heterocycles. The van der Waals surface area contributed by atoms with E-state index >= 15 is 0 Å². The summed E-state index contributed by atoms with van der Waals surface area (Å²) in [6.07, 6.45) is 2.20. The zero-order valence-corrected chi connectivity index (χ0v) is 14.3. The fraction of sp³-hybridized carbons (Fsp3) is 0.667. The van der Waals surface area contributed by atoms with E-state index in [-0.39, 0.29) is 0 Å². The molecule has 0 spiro atoms. The van der Waals surface area contributed by atoms with Gasteiger partial charge in [0.1, 0.15) is 0 Å². The highest BCUT2D eigenvalue weighted by Gasteiger charge is 2.15. The summed E-state index contributed by atoms with van der Waals surface area (Å²) >= 11 is 8.82. The number of ether oxygens (including phenoxy) is 1. The van der Waals surface area contributed by atoms with E-state index in [0.29, 0.717) is 6.04 Å². The summed E-state index contributed by atoms with van der Waals surface area (Å²) in [4.78, 5) is 1.31. The van der Waals surface area contributed by atoms with Crippen LogP contribution < -0.4 is 5.32 Å². The average Bonchev–Trinajstić information content (AvgIpc) is 2.64. The second-order valence-electron chi connectivity index (χ2n) is 3.85. The van der Waals surface area contributed by atoms with E-state index in [4.69, 9.17) is 4.74 Å². The number of nitrogens with one attached hydrogen (secondary N) is 1. The number of hydrogen-bond donors (Lipinski definition) is 1. The van der Waals surface area contributed by atoms with Gasteiger partial charge in [0, 0.05) is 16.0 Å². The minimum Gasteiger partial charge on any atom is -0.379 e. The maximum Gasteiger partial charge on any atom is 0.0843 e. The summed E-state index contributed by atoms with van der Waals surface area (Å²) in [5.74, 6) is 0. The number of halogens is 2. The largest absolute Gasteiger partial charge is 0.379 e. The quantitative estimate of drug-likeness (QED) is 0.653. The normalized spacial score (nSPS) is 12.9. The van der Waals surface area contributed by atoms with E-state index in [1.807, 2.05) is 0 Å². The molecule has 0 aromatic carbocycles. The molecule has 98 valence electrons. The third kappa shape index (κ3) is 5.39. The third-order valence-corrected chi connectivity index (χ3v) is 5.65. The van der Waals surface area contributed by atoms with E-state index in [2.05, 4.69) is 57.1 Å². The minimum absolute atomic E-state index is 0.300. The molecule has 0 fully saturated rings. The first-order valence-electron chi connectivity index (χ1n) is 5.94. The van der Waals surface area contributed by atoms with Crippen LogP contribution in [0.25, 0.3) is 0 Å². The van der Waals surface area contributed by atoms with Crippen LogP contribution in [0.1, 0.15) is 37.6 Å². The van der Waals surface area contributed by atoms with Gasteiger partial charge in [0.25, 0.3) is 0 Å². The molecule has 2 nitrogen and oxygen atoms in total. The van der Waals surface area contributed by atoms with Crippen LogP contribution in [0.2, 0.25) is 0 Å². The molecule has 0 aliphatic carbocycles. The lowest BCUT2D eigenvalue weighted by atomic mass is 10.2. The number of thiophene rings is 1. The minimum atomic E-state index is 0.300. The lowest BCUT2D eigenvalue weighted by Crippen LogP contribution is -2.25. The zero-order valence-electron chi connectivity index (χ0n) is 10.3. The van der Waals surface area contributed by atoms with Crippen LogP contribution in [0.15, 0.2) is 14.3 Å². The standard InChI is InChI=1S/C12H19Br2NOS/c1-3-5-15-10(8-16-6-4-2)11-7-9(13)12(14)17-11/h7,10,15H,3-6,8H2,1-2H3. The topological polar surface area (TPSA) is 21.3 Å². The Morgan fingerprint density at radius 2 is 2.12 bits per heavy atom. The predicted molar refractivity (Wildman–Crippen MR) is 81.9 cm³/mol. The maximum atomic E-state index is 5.66. The van der Waals surface area contributed by atoms with Crippen molar-refractivity contribution in [3.63, 3.8) is 0 Å². The summed E-state index contributed by atoms with van der Waals surface area (Å²) in [7, 11) is 0. The van der Waals surface area contributed by atoms with Crippen molar-refractivity contribution in [2.75, 3.05) is 19.8 Å². The molecule has 1 rings (SSSR count). The summed E-state index contributed by atoms with van der Waals surface area (Å²) in [5.41, 5.74) is 0. The predicted octanol–water partition coefficient (Wildman–Crippen LogP) is 4.74. The van der Waals surface area contributed by atoms with E-state index in [0.717, 1.165) is 40.9 Å². The maximum absolute atomic E-state index is 5.66. The van der Waals surface area contributed by atoms with Gasteiger partial charge in [0.2, 0.25) is 0 Å². The van der Waals surface area contributed by atoms with Crippen molar-refractivity contribution in [2.24, 2.45) is 0 Å². The smallest absolute Gasteiger partial charge is 0.0843 e. The Morgan fingerprint density at radius 3 is 2.65 bits per heavy atom. The molecule has 0 radical (unpaired) electrons. The van der Waals surface area contributed by atoms with Gasteiger partial charge in [-0.25, -0.2) is 0 Å². The Morgan fingerprint density at radius 1 is 1.35 bits per heavy atom. The fourth-order valence-corrected chi connectivity index (χ4v) is 3.59. The van der Waals surface area contributed by atoms with Crippen LogP contribution in [0.3, 0.4) is 0 Å². The molecule has 1 aromatic heterocycles. The molecule has 1 aromatic rings. The third-order valence-electron chi connectivity index (χ3n) is 2.28. The average molecular weight is 385 g/mol. The van der Waals surface area contributed by atoms with Crippen molar-refractivity contribution in [3.8, 4) is 0 Å². The summed E-state index contributed by atoms with van der Waals surface area (Å²) in [6.45, 7) is 6.91. The van der Waals surface area contributed by atoms with Gasteiger partial charge >= 0.3 is 0 Å². The van der Waals surface area contributed by atoms with Crippen LogP contribution in [-0.2, 0) is 4.74 Å². The molecule has 0 aliphatic heterocycles. The molecule has 0 aliphatic rings. The number of rotatable bonds is 8. The highest BCUT2D eigenvalue weighted by molar-refractivity contribution is 9.13. The van der Waals surface area contributed by atoms with Gasteiger partial charge in [-0.05, 0) is 57.3 Å². The first kappa shape index (κ1) is 15.6. The van der Waals surface area contributed by atoms with Gasteiger partial charge in [-0.3, -0.25) is 0 Å². The van der Waals surface area contributed by atoms with Gasteiger partial charge in [-0.15, -0.1) is 11.3 Å². The SMILES string of the molecule is CCCNC(COCCC)c1cc(Br)c(Br)s1. The van der Waals surface area contributed by atoms with E-state index < -0.39 is 0 Å². The lowest BCUT2D eigenvalue weighted by molar-refractivity contribution is 0.113. The van der Waals surface area contributed by atoms with Crippen LogP contribution in [-0.4, -0.2) is 19.8 Å². The van der Waals surface area contributed by atoms with Crippen molar-refractivity contribution in [1.29, 1.82) is 0 Å². The van der Waals surface area contributed by atoms with Gasteiger partial charge in [0.15, 0.2) is 0 Å². The Balaban J connectivity index is 2.60. The van der Waals surface area contributed by atoms with Crippen LogP contribution in [0, 0.1) is 0 Å². The molecule has 0 amide bonds. The van der Waals surface area contributed by atoms with E-state index in [1.165, 1.54) is 4.88 Å². The van der Waals surface area contributed by atoms with Crippen LogP contribution in [0.5, 0.6) is 0 Å².